The molecule has 0 aliphatic carbocycles. The quantitative estimate of drug-likeness (QED) is 0.801. The summed E-state index contributed by atoms with van der Waals surface area (Å²) in [5.41, 5.74) is 4.21. The van der Waals surface area contributed by atoms with Crippen LogP contribution in [0, 0.1) is 18.3 Å². The molecule has 0 atom stereocenters. The molecule has 0 saturated carbocycles. The van der Waals surface area contributed by atoms with Crippen molar-refractivity contribution in [2.45, 2.75) is 13.3 Å². The van der Waals surface area contributed by atoms with Gasteiger partial charge in [0.2, 0.25) is 0 Å². The molecule has 0 unspecified atom stereocenters. The summed E-state index contributed by atoms with van der Waals surface area (Å²) in [6, 6.07) is 14.0. The van der Waals surface area contributed by atoms with Gasteiger partial charge in [-0.05, 0) is 18.6 Å². The van der Waals surface area contributed by atoms with Gasteiger partial charge in [-0.25, -0.2) is 0 Å². The number of aryl methyl sites for hydroxylation is 2. The van der Waals surface area contributed by atoms with Crippen molar-refractivity contribution < 1.29 is 0 Å². The second-order valence-electron chi connectivity index (χ2n) is 5.28. The zero-order valence-electron chi connectivity index (χ0n) is 13.0. The predicted octanol–water partition coefficient (Wildman–Crippen LogP) is 2.72. The van der Waals surface area contributed by atoms with Crippen molar-refractivity contribution in [1.29, 1.82) is 5.26 Å². The average molecular weight is 304 g/mol. The van der Waals surface area contributed by atoms with Gasteiger partial charge in [0.1, 0.15) is 6.07 Å². The summed E-state index contributed by atoms with van der Waals surface area (Å²) < 4.78 is 1.82. The molecule has 0 amide bonds. The SMILES string of the molecule is Cc1cc(C#N)c(Nc2cnn(C)c2Cc2ccccc2)nn1. The minimum atomic E-state index is 0.445. The van der Waals surface area contributed by atoms with E-state index in [-0.39, 0.29) is 0 Å². The largest absolute Gasteiger partial charge is 0.335 e. The van der Waals surface area contributed by atoms with Gasteiger partial charge in [-0.1, -0.05) is 30.3 Å². The Bertz CT molecular complexity index is 861. The van der Waals surface area contributed by atoms with E-state index >= 15 is 0 Å². The first-order valence-electron chi connectivity index (χ1n) is 7.23. The maximum atomic E-state index is 9.25. The van der Waals surface area contributed by atoms with Crippen LogP contribution in [0.2, 0.25) is 0 Å². The second-order valence-corrected chi connectivity index (χ2v) is 5.28. The first-order chi connectivity index (χ1) is 11.2. The molecule has 1 N–H and O–H groups in total. The second kappa shape index (κ2) is 6.28. The van der Waals surface area contributed by atoms with E-state index in [2.05, 4.69) is 38.8 Å². The fourth-order valence-corrected chi connectivity index (χ4v) is 2.36. The van der Waals surface area contributed by atoms with Crippen molar-refractivity contribution in [3.05, 3.63) is 65.1 Å². The Kier molecular flexibility index (Phi) is 4.02. The molecule has 3 aromatic rings. The van der Waals surface area contributed by atoms with Crippen LogP contribution >= 0.6 is 0 Å². The van der Waals surface area contributed by atoms with Gasteiger partial charge in [-0.2, -0.15) is 15.5 Å². The number of hydrogen-bond donors (Lipinski definition) is 1. The topological polar surface area (TPSA) is 79.4 Å². The number of nitriles is 1. The van der Waals surface area contributed by atoms with Gasteiger partial charge >= 0.3 is 0 Å². The van der Waals surface area contributed by atoms with Crippen molar-refractivity contribution in [2.75, 3.05) is 5.32 Å². The monoisotopic (exact) mass is 304 g/mol. The summed E-state index contributed by atoms with van der Waals surface area (Å²) in [6.45, 7) is 1.81. The number of nitrogens with one attached hydrogen (secondary N) is 1. The number of rotatable bonds is 4. The Morgan fingerprint density at radius 3 is 2.74 bits per heavy atom. The van der Waals surface area contributed by atoms with Crippen LogP contribution < -0.4 is 5.32 Å². The van der Waals surface area contributed by atoms with E-state index in [1.807, 2.05) is 36.9 Å². The standard InChI is InChI=1S/C17H16N6/c1-12-8-14(10-18)17(22-21-12)20-15-11-19-23(2)16(15)9-13-6-4-3-5-7-13/h3-8,11H,9H2,1-2H3,(H,20,22). The van der Waals surface area contributed by atoms with Crippen LogP contribution in [0.1, 0.15) is 22.5 Å². The first kappa shape index (κ1) is 14.7. The molecule has 0 bridgehead atoms. The molecule has 0 saturated heterocycles. The summed E-state index contributed by atoms with van der Waals surface area (Å²) in [4.78, 5) is 0. The number of aromatic nitrogens is 4. The Balaban J connectivity index is 1.92. The van der Waals surface area contributed by atoms with Gasteiger partial charge in [-0.3, -0.25) is 4.68 Å². The highest BCUT2D eigenvalue weighted by atomic mass is 15.3. The van der Waals surface area contributed by atoms with Gasteiger partial charge in [0.15, 0.2) is 5.82 Å². The lowest BCUT2D eigenvalue weighted by atomic mass is 10.1. The Hall–Kier alpha value is -3.20. The summed E-state index contributed by atoms with van der Waals surface area (Å²) in [5.74, 6) is 0.445. The van der Waals surface area contributed by atoms with Gasteiger partial charge in [0, 0.05) is 13.5 Å². The number of benzene rings is 1. The summed E-state index contributed by atoms with van der Waals surface area (Å²) >= 11 is 0. The van der Waals surface area contributed by atoms with Crippen molar-refractivity contribution in [3.63, 3.8) is 0 Å². The summed E-state index contributed by atoms with van der Waals surface area (Å²) in [5, 5.41) is 24.8. The highest BCUT2D eigenvalue weighted by molar-refractivity contribution is 5.64. The van der Waals surface area contributed by atoms with Crippen LogP contribution in [0.5, 0.6) is 0 Å². The highest BCUT2D eigenvalue weighted by Crippen LogP contribution is 2.23. The minimum Gasteiger partial charge on any atom is -0.335 e. The third-order valence-electron chi connectivity index (χ3n) is 3.57. The normalized spacial score (nSPS) is 10.3. The third-order valence-corrected chi connectivity index (χ3v) is 3.57. The van der Waals surface area contributed by atoms with Crippen LogP contribution in [0.4, 0.5) is 11.5 Å². The van der Waals surface area contributed by atoms with Crippen LogP contribution in [-0.4, -0.2) is 20.0 Å². The first-order valence-corrected chi connectivity index (χ1v) is 7.23. The maximum absolute atomic E-state index is 9.25. The van der Waals surface area contributed by atoms with E-state index in [0.29, 0.717) is 17.1 Å². The predicted molar refractivity (Wildman–Crippen MR) is 87.2 cm³/mol. The third kappa shape index (κ3) is 3.19. The fraction of sp³-hybridized carbons (Fsp3) is 0.176. The molecular weight excluding hydrogens is 288 g/mol. The van der Waals surface area contributed by atoms with Crippen LogP contribution in [0.25, 0.3) is 0 Å². The molecule has 0 spiro atoms. The van der Waals surface area contributed by atoms with Crippen molar-refractivity contribution >= 4 is 11.5 Å². The molecule has 6 nitrogen and oxygen atoms in total. The minimum absolute atomic E-state index is 0.445. The van der Waals surface area contributed by atoms with Crippen molar-refractivity contribution in [3.8, 4) is 6.07 Å². The van der Waals surface area contributed by atoms with E-state index in [1.54, 1.807) is 12.3 Å². The van der Waals surface area contributed by atoms with E-state index in [9.17, 15) is 5.26 Å². The Morgan fingerprint density at radius 2 is 2.00 bits per heavy atom. The van der Waals surface area contributed by atoms with Gasteiger partial charge < -0.3 is 5.32 Å². The van der Waals surface area contributed by atoms with E-state index < -0.39 is 0 Å². The van der Waals surface area contributed by atoms with Gasteiger partial charge in [0.25, 0.3) is 0 Å². The maximum Gasteiger partial charge on any atom is 0.171 e. The smallest absolute Gasteiger partial charge is 0.171 e. The zero-order chi connectivity index (χ0) is 16.2. The molecule has 6 heteroatoms. The van der Waals surface area contributed by atoms with Crippen LogP contribution in [-0.2, 0) is 13.5 Å². The molecule has 114 valence electrons. The summed E-state index contributed by atoms with van der Waals surface area (Å²) in [6.07, 6.45) is 2.47. The van der Waals surface area contributed by atoms with Crippen LogP contribution in [0.3, 0.4) is 0 Å². The van der Waals surface area contributed by atoms with E-state index in [4.69, 9.17) is 0 Å². The number of anilines is 2. The van der Waals surface area contributed by atoms with Crippen LogP contribution in [0.15, 0.2) is 42.6 Å². The molecule has 2 aromatic heterocycles. The molecular formula is C17H16N6. The molecule has 23 heavy (non-hydrogen) atoms. The summed E-state index contributed by atoms with van der Waals surface area (Å²) in [7, 11) is 1.90. The van der Waals surface area contributed by atoms with Gasteiger partial charge in [0.05, 0.1) is 28.8 Å². The highest BCUT2D eigenvalue weighted by Gasteiger charge is 2.13. The average Bonchev–Trinajstić information content (AvgIpc) is 2.90. The van der Waals surface area contributed by atoms with Gasteiger partial charge in [-0.15, -0.1) is 5.10 Å². The zero-order valence-corrected chi connectivity index (χ0v) is 13.0. The lowest BCUT2D eigenvalue weighted by molar-refractivity contribution is 0.725. The Labute approximate surface area is 134 Å². The fourth-order valence-electron chi connectivity index (χ4n) is 2.36. The number of nitrogens with zero attached hydrogens (tertiary/aromatic N) is 5. The van der Waals surface area contributed by atoms with Crippen molar-refractivity contribution in [1.82, 2.24) is 20.0 Å². The van der Waals surface area contributed by atoms with E-state index in [0.717, 1.165) is 17.8 Å². The molecule has 0 radical (unpaired) electrons. The number of hydrogen-bond acceptors (Lipinski definition) is 5. The molecule has 0 fully saturated rings. The molecule has 0 aliphatic rings. The molecule has 2 heterocycles. The lowest BCUT2D eigenvalue weighted by Gasteiger charge is -2.09. The molecule has 1 aromatic carbocycles. The van der Waals surface area contributed by atoms with E-state index in [1.165, 1.54) is 5.56 Å². The molecule has 3 rings (SSSR count). The lowest BCUT2D eigenvalue weighted by Crippen LogP contribution is -2.04. The molecule has 0 aliphatic heterocycles. The Morgan fingerprint density at radius 1 is 1.22 bits per heavy atom. The van der Waals surface area contributed by atoms with Crippen molar-refractivity contribution in [2.24, 2.45) is 7.05 Å².